The van der Waals surface area contributed by atoms with E-state index in [1.165, 1.54) is 6.08 Å². The third kappa shape index (κ3) is 6.63. The van der Waals surface area contributed by atoms with Crippen LogP contribution in [0.2, 0.25) is 0 Å². The minimum absolute atomic E-state index is 0.0837. The van der Waals surface area contributed by atoms with Crippen molar-refractivity contribution in [1.29, 1.82) is 0 Å². The SMILES string of the molecule is COc1ccc(CC(C)(O)CNS(=O)(=O)/C=C/c2ccc(C)cc2)cc1. The van der Waals surface area contributed by atoms with Gasteiger partial charge in [-0.2, -0.15) is 0 Å². The molecule has 140 valence electrons. The van der Waals surface area contributed by atoms with Gasteiger partial charge in [-0.1, -0.05) is 42.0 Å². The van der Waals surface area contributed by atoms with E-state index >= 15 is 0 Å². The van der Waals surface area contributed by atoms with Gasteiger partial charge in [0, 0.05) is 18.4 Å². The first-order valence-corrected chi connectivity index (χ1v) is 9.83. The number of hydrogen-bond donors (Lipinski definition) is 2. The van der Waals surface area contributed by atoms with Gasteiger partial charge in [-0.15, -0.1) is 0 Å². The molecule has 2 rings (SSSR count). The molecule has 0 fully saturated rings. The predicted octanol–water partition coefficient (Wildman–Crippen LogP) is 2.89. The highest BCUT2D eigenvalue weighted by Gasteiger charge is 2.23. The molecule has 0 aromatic heterocycles. The number of rotatable bonds is 8. The molecule has 0 amide bonds. The smallest absolute Gasteiger partial charge is 0.233 e. The van der Waals surface area contributed by atoms with Crippen molar-refractivity contribution in [3.63, 3.8) is 0 Å². The maximum absolute atomic E-state index is 12.1. The van der Waals surface area contributed by atoms with E-state index < -0.39 is 15.6 Å². The Hall–Kier alpha value is -2.15. The average molecular weight is 375 g/mol. The van der Waals surface area contributed by atoms with E-state index in [1.54, 1.807) is 26.2 Å². The van der Waals surface area contributed by atoms with Crippen molar-refractivity contribution >= 4 is 16.1 Å². The first kappa shape index (κ1) is 20.2. The zero-order chi connectivity index (χ0) is 19.2. The van der Waals surface area contributed by atoms with Crippen LogP contribution in [0.3, 0.4) is 0 Å². The van der Waals surface area contributed by atoms with Crippen molar-refractivity contribution in [1.82, 2.24) is 4.72 Å². The second-order valence-electron chi connectivity index (χ2n) is 6.60. The number of hydrogen-bond acceptors (Lipinski definition) is 4. The summed E-state index contributed by atoms with van der Waals surface area (Å²) in [5, 5.41) is 11.6. The van der Waals surface area contributed by atoms with Crippen LogP contribution in [0, 0.1) is 6.92 Å². The van der Waals surface area contributed by atoms with Crippen LogP contribution in [-0.4, -0.2) is 32.8 Å². The van der Waals surface area contributed by atoms with Gasteiger partial charge in [-0.05, 0) is 43.2 Å². The molecule has 0 saturated carbocycles. The lowest BCUT2D eigenvalue weighted by molar-refractivity contribution is 0.0658. The van der Waals surface area contributed by atoms with Gasteiger partial charge in [0.1, 0.15) is 5.75 Å². The molecule has 0 aliphatic rings. The van der Waals surface area contributed by atoms with Crippen LogP contribution in [0.1, 0.15) is 23.6 Å². The minimum Gasteiger partial charge on any atom is -0.497 e. The van der Waals surface area contributed by atoms with Crippen molar-refractivity contribution in [2.75, 3.05) is 13.7 Å². The van der Waals surface area contributed by atoms with E-state index in [1.807, 2.05) is 43.3 Å². The number of aryl methyl sites for hydroxylation is 1. The third-order valence-electron chi connectivity index (χ3n) is 3.92. The minimum atomic E-state index is -3.64. The number of benzene rings is 2. The van der Waals surface area contributed by atoms with Crippen molar-refractivity contribution in [3.05, 3.63) is 70.6 Å². The third-order valence-corrected chi connectivity index (χ3v) is 4.96. The van der Waals surface area contributed by atoms with E-state index in [0.717, 1.165) is 27.8 Å². The molecule has 2 aromatic rings. The average Bonchev–Trinajstić information content (AvgIpc) is 2.60. The van der Waals surface area contributed by atoms with Crippen molar-refractivity contribution in [3.8, 4) is 5.75 Å². The number of ether oxygens (including phenoxy) is 1. The van der Waals surface area contributed by atoms with E-state index in [-0.39, 0.29) is 6.54 Å². The molecule has 2 N–H and O–H groups in total. The van der Waals surface area contributed by atoms with Crippen LogP contribution >= 0.6 is 0 Å². The summed E-state index contributed by atoms with van der Waals surface area (Å²) < 4.78 is 31.8. The molecule has 0 bridgehead atoms. The maximum Gasteiger partial charge on any atom is 0.233 e. The van der Waals surface area contributed by atoms with Crippen LogP contribution < -0.4 is 9.46 Å². The summed E-state index contributed by atoms with van der Waals surface area (Å²) in [6, 6.07) is 14.8. The van der Waals surface area contributed by atoms with Crippen molar-refractivity contribution < 1.29 is 18.3 Å². The zero-order valence-corrected chi connectivity index (χ0v) is 16.1. The molecule has 0 aliphatic carbocycles. The van der Waals surface area contributed by atoms with Gasteiger partial charge < -0.3 is 9.84 Å². The fourth-order valence-electron chi connectivity index (χ4n) is 2.40. The standard InChI is InChI=1S/C20H25NO4S/c1-16-4-6-17(7-5-16)12-13-26(23,24)21-15-20(2,22)14-18-8-10-19(25-3)11-9-18/h4-13,21-22H,14-15H2,1-3H3/b13-12+. The van der Waals surface area contributed by atoms with Crippen LogP contribution in [0.4, 0.5) is 0 Å². The summed E-state index contributed by atoms with van der Waals surface area (Å²) in [6.45, 7) is 3.49. The summed E-state index contributed by atoms with van der Waals surface area (Å²) in [6.07, 6.45) is 1.85. The molecular weight excluding hydrogens is 350 g/mol. The Morgan fingerprint density at radius 3 is 2.31 bits per heavy atom. The maximum atomic E-state index is 12.1. The fraction of sp³-hybridized carbons (Fsp3) is 0.300. The summed E-state index contributed by atoms with van der Waals surface area (Å²) in [5.41, 5.74) is 1.59. The molecule has 0 heterocycles. The molecule has 2 aromatic carbocycles. The van der Waals surface area contributed by atoms with E-state index in [2.05, 4.69) is 4.72 Å². The lowest BCUT2D eigenvalue weighted by Crippen LogP contribution is -2.41. The number of methoxy groups -OCH3 is 1. The molecule has 1 unspecified atom stereocenters. The van der Waals surface area contributed by atoms with Crippen LogP contribution in [0.5, 0.6) is 5.75 Å². The molecule has 6 heteroatoms. The Morgan fingerprint density at radius 2 is 1.73 bits per heavy atom. The second kappa shape index (κ2) is 8.49. The molecule has 0 spiro atoms. The molecule has 1 atom stereocenters. The normalized spacial score (nSPS) is 14.3. The first-order valence-electron chi connectivity index (χ1n) is 8.29. The monoisotopic (exact) mass is 375 g/mol. The largest absolute Gasteiger partial charge is 0.497 e. The van der Waals surface area contributed by atoms with Gasteiger partial charge in [0.25, 0.3) is 0 Å². The van der Waals surface area contributed by atoms with E-state index in [4.69, 9.17) is 4.74 Å². The summed E-state index contributed by atoms with van der Waals surface area (Å²) in [7, 11) is -2.05. The molecule has 0 aliphatic heterocycles. The summed E-state index contributed by atoms with van der Waals surface area (Å²) >= 11 is 0. The lowest BCUT2D eigenvalue weighted by atomic mass is 9.97. The Balaban J connectivity index is 1.94. The van der Waals surface area contributed by atoms with Gasteiger partial charge in [0.15, 0.2) is 0 Å². The molecule has 26 heavy (non-hydrogen) atoms. The highest BCUT2D eigenvalue weighted by atomic mass is 32.2. The molecule has 0 radical (unpaired) electrons. The van der Waals surface area contributed by atoms with Gasteiger partial charge in [-0.3, -0.25) is 0 Å². The van der Waals surface area contributed by atoms with E-state index in [0.29, 0.717) is 6.42 Å². The second-order valence-corrected chi connectivity index (χ2v) is 8.25. The Labute approximate surface area is 155 Å². The van der Waals surface area contributed by atoms with Crippen molar-refractivity contribution in [2.24, 2.45) is 0 Å². The molecular formula is C20H25NO4S. The van der Waals surface area contributed by atoms with E-state index in [9.17, 15) is 13.5 Å². The fourth-order valence-corrected chi connectivity index (χ4v) is 3.34. The number of sulfonamides is 1. The topological polar surface area (TPSA) is 75.6 Å². The Bertz CT molecular complexity index is 838. The van der Waals surface area contributed by atoms with Crippen molar-refractivity contribution in [2.45, 2.75) is 25.9 Å². The molecule has 0 saturated heterocycles. The predicted molar refractivity (Wildman–Crippen MR) is 104 cm³/mol. The van der Waals surface area contributed by atoms with Crippen LogP contribution in [0.25, 0.3) is 6.08 Å². The zero-order valence-electron chi connectivity index (χ0n) is 15.3. The van der Waals surface area contributed by atoms with Gasteiger partial charge >= 0.3 is 0 Å². The highest BCUT2D eigenvalue weighted by Crippen LogP contribution is 2.17. The lowest BCUT2D eigenvalue weighted by Gasteiger charge is -2.23. The Morgan fingerprint density at radius 1 is 1.12 bits per heavy atom. The summed E-state index contributed by atoms with van der Waals surface area (Å²) in [4.78, 5) is 0. The Kier molecular flexibility index (Phi) is 6.58. The quantitative estimate of drug-likeness (QED) is 0.744. The number of nitrogens with one attached hydrogen (secondary N) is 1. The van der Waals surface area contributed by atoms with Gasteiger partial charge in [0.05, 0.1) is 12.7 Å². The first-order chi connectivity index (χ1) is 12.2. The number of aliphatic hydroxyl groups is 1. The molecule has 5 nitrogen and oxygen atoms in total. The summed E-state index contributed by atoms with van der Waals surface area (Å²) in [5.74, 6) is 0.732. The van der Waals surface area contributed by atoms with Gasteiger partial charge in [-0.25, -0.2) is 13.1 Å². The van der Waals surface area contributed by atoms with Crippen LogP contribution in [0.15, 0.2) is 53.9 Å². The van der Waals surface area contributed by atoms with Crippen LogP contribution in [-0.2, 0) is 16.4 Å². The van der Waals surface area contributed by atoms with Gasteiger partial charge in [0.2, 0.25) is 10.0 Å². The highest BCUT2D eigenvalue weighted by molar-refractivity contribution is 7.92.